The lowest BCUT2D eigenvalue weighted by Gasteiger charge is -2.09. The van der Waals surface area contributed by atoms with Crippen molar-refractivity contribution in [2.45, 2.75) is 19.9 Å². The molecule has 0 radical (unpaired) electrons. The van der Waals surface area contributed by atoms with Crippen LogP contribution >= 0.6 is 0 Å². The minimum Gasteiger partial charge on any atom is -0.496 e. The first-order chi connectivity index (χ1) is 12.7. The van der Waals surface area contributed by atoms with Crippen molar-refractivity contribution in [3.63, 3.8) is 0 Å². The molecular weight excluding hydrogens is 328 g/mol. The fourth-order valence-corrected chi connectivity index (χ4v) is 2.78. The molecule has 6 nitrogen and oxygen atoms in total. The molecule has 0 aliphatic heterocycles. The summed E-state index contributed by atoms with van der Waals surface area (Å²) in [5.41, 5.74) is 3.12. The summed E-state index contributed by atoms with van der Waals surface area (Å²) in [4.78, 5) is 16.7. The number of amides is 1. The minimum absolute atomic E-state index is 0.190. The number of ether oxygens (including phenoxy) is 1. The second kappa shape index (κ2) is 8.29. The van der Waals surface area contributed by atoms with Crippen LogP contribution in [-0.2, 0) is 13.0 Å². The number of methoxy groups -OCH3 is 1. The van der Waals surface area contributed by atoms with Gasteiger partial charge in [0.15, 0.2) is 5.69 Å². The summed E-state index contributed by atoms with van der Waals surface area (Å²) in [5, 5.41) is 7.35. The van der Waals surface area contributed by atoms with Crippen LogP contribution in [0.1, 0.15) is 23.1 Å². The van der Waals surface area contributed by atoms with Gasteiger partial charge in [-0.1, -0.05) is 18.2 Å². The molecule has 134 valence electrons. The predicted octanol–water partition coefficient (Wildman–Crippen LogP) is 2.95. The summed E-state index contributed by atoms with van der Waals surface area (Å²) in [6.07, 6.45) is 2.43. The number of rotatable bonds is 7. The summed E-state index contributed by atoms with van der Waals surface area (Å²) in [6, 6.07) is 15.3. The maximum absolute atomic E-state index is 12.5. The number of carbonyl (C=O) groups excluding carboxylic acids is 1. The van der Waals surface area contributed by atoms with Gasteiger partial charge in [0.1, 0.15) is 5.75 Å². The standard InChI is InChI=1S/C20H22N4O2/c1-3-24-18(16-9-4-5-10-19(16)26-2)14-17(23-24)20(25)22-13-11-15-8-6-7-12-21-15/h4-10,12,14H,3,11,13H2,1-2H3,(H,22,25). The number of hydrogen-bond acceptors (Lipinski definition) is 4. The number of aromatic nitrogens is 3. The van der Waals surface area contributed by atoms with Gasteiger partial charge in [-0.05, 0) is 37.3 Å². The number of nitrogens with one attached hydrogen (secondary N) is 1. The Hall–Kier alpha value is -3.15. The summed E-state index contributed by atoms with van der Waals surface area (Å²) < 4.78 is 7.25. The Morgan fingerprint density at radius 3 is 2.73 bits per heavy atom. The molecule has 0 bridgehead atoms. The van der Waals surface area contributed by atoms with Crippen molar-refractivity contribution in [1.29, 1.82) is 0 Å². The van der Waals surface area contributed by atoms with Crippen LogP contribution in [-0.4, -0.2) is 34.3 Å². The fourth-order valence-electron chi connectivity index (χ4n) is 2.78. The highest BCUT2D eigenvalue weighted by molar-refractivity contribution is 5.93. The van der Waals surface area contributed by atoms with Gasteiger partial charge in [0.2, 0.25) is 0 Å². The molecule has 0 saturated carbocycles. The zero-order valence-corrected chi connectivity index (χ0v) is 15.0. The van der Waals surface area contributed by atoms with E-state index in [4.69, 9.17) is 4.74 Å². The Morgan fingerprint density at radius 1 is 1.19 bits per heavy atom. The van der Waals surface area contributed by atoms with E-state index in [1.807, 2.05) is 54.1 Å². The van der Waals surface area contributed by atoms with E-state index in [1.165, 1.54) is 0 Å². The largest absolute Gasteiger partial charge is 0.496 e. The average molecular weight is 350 g/mol. The Kier molecular flexibility index (Phi) is 5.63. The monoisotopic (exact) mass is 350 g/mol. The summed E-state index contributed by atoms with van der Waals surface area (Å²) in [6.45, 7) is 3.17. The van der Waals surface area contributed by atoms with Gasteiger partial charge in [-0.15, -0.1) is 0 Å². The van der Waals surface area contributed by atoms with Gasteiger partial charge < -0.3 is 10.1 Å². The van der Waals surface area contributed by atoms with Crippen LogP contribution in [0.5, 0.6) is 5.75 Å². The molecule has 1 amide bonds. The Labute approximate surface area is 152 Å². The molecule has 3 rings (SSSR count). The lowest BCUT2D eigenvalue weighted by Crippen LogP contribution is -2.26. The van der Waals surface area contributed by atoms with Gasteiger partial charge in [-0.25, -0.2) is 0 Å². The molecule has 2 heterocycles. The third-order valence-electron chi connectivity index (χ3n) is 4.09. The number of pyridine rings is 1. The normalized spacial score (nSPS) is 10.5. The lowest BCUT2D eigenvalue weighted by molar-refractivity contribution is 0.0948. The highest BCUT2D eigenvalue weighted by Crippen LogP contribution is 2.30. The first kappa shape index (κ1) is 17.7. The molecule has 0 saturated heterocycles. The highest BCUT2D eigenvalue weighted by Gasteiger charge is 2.17. The van der Waals surface area contributed by atoms with Crippen molar-refractivity contribution in [2.24, 2.45) is 0 Å². The third-order valence-corrected chi connectivity index (χ3v) is 4.09. The quantitative estimate of drug-likeness (QED) is 0.711. The summed E-state index contributed by atoms with van der Waals surface area (Å²) in [5.74, 6) is 0.563. The molecule has 6 heteroatoms. The molecule has 0 aliphatic carbocycles. The van der Waals surface area contributed by atoms with Gasteiger partial charge in [0.05, 0.1) is 12.8 Å². The van der Waals surface area contributed by atoms with E-state index in [1.54, 1.807) is 19.4 Å². The second-order valence-corrected chi connectivity index (χ2v) is 5.76. The van der Waals surface area contributed by atoms with E-state index < -0.39 is 0 Å². The van der Waals surface area contributed by atoms with Gasteiger partial charge in [0.25, 0.3) is 5.91 Å². The van der Waals surface area contributed by atoms with Crippen molar-refractivity contribution < 1.29 is 9.53 Å². The Morgan fingerprint density at radius 2 is 2.00 bits per heavy atom. The van der Waals surface area contributed by atoms with Crippen molar-refractivity contribution in [3.8, 4) is 17.0 Å². The van der Waals surface area contributed by atoms with E-state index in [0.29, 0.717) is 25.2 Å². The molecule has 3 aromatic rings. The van der Waals surface area contributed by atoms with Gasteiger partial charge in [0, 0.05) is 37.0 Å². The molecule has 0 unspecified atom stereocenters. The number of benzene rings is 1. The SMILES string of the molecule is CCn1nc(C(=O)NCCc2ccccn2)cc1-c1ccccc1OC. The van der Waals surface area contributed by atoms with E-state index in [9.17, 15) is 4.79 Å². The highest BCUT2D eigenvalue weighted by atomic mass is 16.5. The smallest absolute Gasteiger partial charge is 0.271 e. The maximum Gasteiger partial charge on any atom is 0.271 e. The molecule has 2 aromatic heterocycles. The maximum atomic E-state index is 12.5. The molecule has 0 aliphatic rings. The van der Waals surface area contributed by atoms with Crippen LogP contribution < -0.4 is 10.1 Å². The van der Waals surface area contributed by atoms with Crippen LogP contribution in [0.25, 0.3) is 11.3 Å². The summed E-state index contributed by atoms with van der Waals surface area (Å²) in [7, 11) is 1.64. The van der Waals surface area contributed by atoms with E-state index in [2.05, 4.69) is 15.4 Å². The fraction of sp³-hybridized carbons (Fsp3) is 0.250. The molecule has 1 aromatic carbocycles. The first-order valence-corrected chi connectivity index (χ1v) is 8.62. The van der Waals surface area contributed by atoms with Crippen molar-refractivity contribution in [3.05, 3.63) is 66.1 Å². The summed E-state index contributed by atoms with van der Waals surface area (Å²) >= 11 is 0. The Bertz CT molecular complexity index is 875. The third kappa shape index (κ3) is 3.91. The van der Waals surface area contributed by atoms with E-state index >= 15 is 0 Å². The van der Waals surface area contributed by atoms with Gasteiger partial charge in [-0.2, -0.15) is 5.10 Å². The minimum atomic E-state index is -0.190. The van der Waals surface area contributed by atoms with E-state index in [-0.39, 0.29) is 5.91 Å². The lowest BCUT2D eigenvalue weighted by atomic mass is 10.1. The number of hydrogen-bond donors (Lipinski definition) is 1. The van der Waals surface area contributed by atoms with Crippen molar-refractivity contribution >= 4 is 5.91 Å². The predicted molar refractivity (Wildman–Crippen MR) is 100 cm³/mol. The number of carbonyl (C=O) groups is 1. The van der Waals surface area contributed by atoms with Crippen LogP contribution in [0.4, 0.5) is 0 Å². The van der Waals surface area contributed by atoms with E-state index in [0.717, 1.165) is 22.7 Å². The average Bonchev–Trinajstić information content (AvgIpc) is 3.13. The molecule has 0 spiro atoms. The number of aryl methyl sites for hydroxylation is 1. The zero-order valence-electron chi connectivity index (χ0n) is 15.0. The molecule has 1 N–H and O–H groups in total. The molecule has 0 atom stereocenters. The van der Waals surface area contributed by atoms with Crippen molar-refractivity contribution in [2.75, 3.05) is 13.7 Å². The molecule has 26 heavy (non-hydrogen) atoms. The first-order valence-electron chi connectivity index (χ1n) is 8.62. The number of para-hydroxylation sites is 1. The van der Waals surface area contributed by atoms with Crippen LogP contribution in [0.15, 0.2) is 54.7 Å². The van der Waals surface area contributed by atoms with Gasteiger partial charge in [-0.3, -0.25) is 14.5 Å². The molecule has 0 fully saturated rings. The Balaban J connectivity index is 1.74. The zero-order chi connectivity index (χ0) is 18.4. The van der Waals surface area contributed by atoms with Crippen LogP contribution in [0, 0.1) is 0 Å². The van der Waals surface area contributed by atoms with Crippen molar-refractivity contribution in [1.82, 2.24) is 20.1 Å². The van der Waals surface area contributed by atoms with Crippen LogP contribution in [0.2, 0.25) is 0 Å². The molecular formula is C20H22N4O2. The van der Waals surface area contributed by atoms with Gasteiger partial charge >= 0.3 is 0 Å². The number of nitrogens with zero attached hydrogens (tertiary/aromatic N) is 3. The topological polar surface area (TPSA) is 69.0 Å². The van der Waals surface area contributed by atoms with Crippen LogP contribution in [0.3, 0.4) is 0 Å². The second-order valence-electron chi connectivity index (χ2n) is 5.76.